The molecule has 10 heteroatoms. The van der Waals surface area contributed by atoms with E-state index in [1.54, 1.807) is 0 Å². The second-order valence-electron chi connectivity index (χ2n) is 3.54. The van der Waals surface area contributed by atoms with Crippen LogP contribution in [0.2, 0.25) is 0 Å². The van der Waals surface area contributed by atoms with Gasteiger partial charge in [0.25, 0.3) is 0 Å². The molecular formula is C9H12F6O4. The molecule has 1 unspecified atom stereocenters. The molecule has 0 bridgehead atoms. The second kappa shape index (κ2) is 7.53. The van der Waals surface area contributed by atoms with Crippen LogP contribution < -0.4 is 0 Å². The summed E-state index contributed by atoms with van der Waals surface area (Å²) >= 11 is 0. The van der Waals surface area contributed by atoms with Gasteiger partial charge in [-0.05, 0) is 6.92 Å². The minimum absolute atomic E-state index is 0.523. The lowest BCUT2D eigenvalue weighted by atomic mass is 10.4. The minimum atomic E-state index is -4.57. The van der Waals surface area contributed by atoms with Gasteiger partial charge in [0.2, 0.25) is 0 Å². The van der Waals surface area contributed by atoms with E-state index in [0.717, 1.165) is 0 Å². The fourth-order valence-corrected chi connectivity index (χ4v) is 0.883. The molecule has 114 valence electrons. The first kappa shape index (κ1) is 18.0. The molecule has 0 aromatic heterocycles. The van der Waals surface area contributed by atoms with Gasteiger partial charge in [-0.15, -0.1) is 0 Å². The first-order chi connectivity index (χ1) is 8.49. The molecule has 0 rings (SSSR count). The van der Waals surface area contributed by atoms with E-state index >= 15 is 0 Å². The van der Waals surface area contributed by atoms with Gasteiger partial charge >= 0.3 is 18.3 Å². The number of halogens is 6. The maximum absolute atomic E-state index is 11.7. The Balaban J connectivity index is 3.70. The molecule has 0 fully saturated rings. The van der Waals surface area contributed by atoms with Gasteiger partial charge in [-0.3, -0.25) is 0 Å². The average Bonchev–Trinajstić information content (AvgIpc) is 2.12. The number of esters is 1. The predicted molar refractivity (Wildman–Crippen MR) is 49.3 cm³/mol. The zero-order chi connectivity index (χ0) is 15.1. The molecule has 0 heterocycles. The van der Waals surface area contributed by atoms with Crippen molar-refractivity contribution in [2.24, 2.45) is 0 Å². The van der Waals surface area contributed by atoms with E-state index in [0.29, 0.717) is 0 Å². The maximum Gasteiger partial charge on any atom is 0.411 e. The molecule has 0 aliphatic rings. The van der Waals surface area contributed by atoms with Crippen molar-refractivity contribution in [2.45, 2.75) is 25.4 Å². The summed E-state index contributed by atoms with van der Waals surface area (Å²) in [4.78, 5) is 10.9. The number of hydrogen-bond donors (Lipinski definition) is 0. The van der Waals surface area contributed by atoms with E-state index in [2.05, 4.69) is 14.2 Å². The third-order valence-electron chi connectivity index (χ3n) is 1.44. The van der Waals surface area contributed by atoms with Gasteiger partial charge in [0.1, 0.15) is 25.9 Å². The van der Waals surface area contributed by atoms with Crippen LogP contribution in [0.3, 0.4) is 0 Å². The van der Waals surface area contributed by atoms with Crippen molar-refractivity contribution in [2.75, 3.05) is 26.4 Å². The first-order valence-electron chi connectivity index (χ1n) is 4.98. The maximum atomic E-state index is 11.7. The highest BCUT2D eigenvalue weighted by Crippen LogP contribution is 2.15. The summed E-state index contributed by atoms with van der Waals surface area (Å²) < 4.78 is 82.6. The third kappa shape index (κ3) is 13.2. The van der Waals surface area contributed by atoms with Crippen molar-refractivity contribution >= 4 is 5.97 Å². The van der Waals surface area contributed by atoms with E-state index in [-0.39, 0.29) is 0 Å². The Hall–Kier alpha value is -1.03. The van der Waals surface area contributed by atoms with Gasteiger partial charge in [0.05, 0.1) is 6.61 Å². The van der Waals surface area contributed by atoms with Crippen LogP contribution in [0.15, 0.2) is 0 Å². The predicted octanol–water partition coefficient (Wildman–Crippen LogP) is 2.08. The molecule has 0 spiro atoms. The molecule has 0 aliphatic carbocycles. The number of rotatable bonds is 7. The van der Waals surface area contributed by atoms with E-state index in [1.165, 1.54) is 6.92 Å². The molecule has 0 radical (unpaired) electrons. The lowest BCUT2D eigenvalue weighted by molar-refractivity contribution is -0.189. The van der Waals surface area contributed by atoms with Crippen molar-refractivity contribution in [3.8, 4) is 0 Å². The first-order valence-corrected chi connectivity index (χ1v) is 4.98. The molecule has 0 N–H and O–H groups in total. The van der Waals surface area contributed by atoms with Crippen LogP contribution in [-0.4, -0.2) is 50.9 Å². The molecule has 1 atom stereocenters. The van der Waals surface area contributed by atoms with Gasteiger partial charge in [-0.2, -0.15) is 26.3 Å². The number of alkyl halides is 6. The SMILES string of the molecule is CC(COCC(F)(F)F)OC(=O)COCC(F)(F)F. The van der Waals surface area contributed by atoms with Crippen LogP contribution in [0.25, 0.3) is 0 Å². The van der Waals surface area contributed by atoms with Crippen molar-refractivity contribution in [1.82, 2.24) is 0 Å². The highest BCUT2D eigenvalue weighted by atomic mass is 19.4. The van der Waals surface area contributed by atoms with Crippen LogP contribution >= 0.6 is 0 Å². The van der Waals surface area contributed by atoms with Crippen LogP contribution in [-0.2, 0) is 19.0 Å². The van der Waals surface area contributed by atoms with E-state index in [4.69, 9.17) is 0 Å². The minimum Gasteiger partial charge on any atom is -0.459 e. The number of carbonyl (C=O) groups excluding carboxylic acids is 1. The number of hydrogen-bond acceptors (Lipinski definition) is 4. The number of ether oxygens (including phenoxy) is 3. The Morgan fingerprint density at radius 3 is 1.95 bits per heavy atom. The molecule has 0 aromatic carbocycles. The molecule has 0 aliphatic heterocycles. The van der Waals surface area contributed by atoms with Crippen LogP contribution in [0.4, 0.5) is 26.3 Å². The van der Waals surface area contributed by atoms with Crippen LogP contribution in [0.5, 0.6) is 0 Å². The van der Waals surface area contributed by atoms with Gasteiger partial charge in [-0.1, -0.05) is 0 Å². The fourth-order valence-electron chi connectivity index (χ4n) is 0.883. The molecule has 0 saturated carbocycles. The summed E-state index contributed by atoms with van der Waals surface area (Å²) in [6.45, 7) is -3.34. The fraction of sp³-hybridized carbons (Fsp3) is 0.889. The molecule has 4 nitrogen and oxygen atoms in total. The summed E-state index contributed by atoms with van der Waals surface area (Å²) in [5.74, 6) is -1.12. The van der Waals surface area contributed by atoms with Gasteiger partial charge in [-0.25, -0.2) is 4.79 Å². The van der Waals surface area contributed by atoms with Crippen molar-refractivity contribution < 1.29 is 45.3 Å². The van der Waals surface area contributed by atoms with Crippen molar-refractivity contribution in [3.05, 3.63) is 0 Å². The zero-order valence-electron chi connectivity index (χ0n) is 9.81. The van der Waals surface area contributed by atoms with Crippen molar-refractivity contribution in [1.29, 1.82) is 0 Å². The van der Waals surface area contributed by atoms with E-state index in [1.807, 2.05) is 0 Å². The molecule has 0 amide bonds. The van der Waals surface area contributed by atoms with E-state index in [9.17, 15) is 31.1 Å². The Morgan fingerprint density at radius 1 is 1.00 bits per heavy atom. The summed E-state index contributed by atoms with van der Waals surface area (Å²) in [6.07, 6.45) is -10.1. The Kier molecular flexibility index (Phi) is 7.12. The lowest BCUT2D eigenvalue weighted by Gasteiger charge is -2.14. The summed E-state index contributed by atoms with van der Waals surface area (Å²) in [6, 6.07) is 0. The molecule has 0 aromatic rings. The number of carbonyl (C=O) groups is 1. The third-order valence-corrected chi connectivity index (χ3v) is 1.44. The van der Waals surface area contributed by atoms with Crippen LogP contribution in [0, 0.1) is 0 Å². The van der Waals surface area contributed by atoms with E-state index < -0.39 is 50.9 Å². The highest BCUT2D eigenvalue weighted by molar-refractivity contribution is 5.70. The highest BCUT2D eigenvalue weighted by Gasteiger charge is 2.29. The van der Waals surface area contributed by atoms with Crippen LogP contribution in [0.1, 0.15) is 6.92 Å². The summed E-state index contributed by atoms with van der Waals surface area (Å²) in [7, 11) is 0. The molecule has 0 saturated heterocycles. The largest absolute Gasteiger partial charge is 0.459 e. The topological polar surface area (TPSA) is 44.8 Å². The Bertz CT molecular complexity index is 275. The quantitative estimate of drug-likeness (QED) is 0.533. The van der Waals surface area contributed by atoms with Gasteiger partial charge in [0, 0.05) is 0 Å². The summed E-state index contributed by atoms with van der Waals surface area (Å²) in [5.41, 5.74) is 0. The summed E-state index contributed by atoms with van der Waals surface area (Å²) in [5, 5.41) is 0. The van der Waals surface area contributed by atoms with Gasteiger partial charge < -0.3 is 14.2 Å². The lowest BCUT2D eigenvalue weighted by Crippen LogP contribution is -2.27. The molecular weight excluding hydrogens is 286 g/mol. The monoisotopic (exact) mass is 298 g/mol. The zero-order valence-corrected chi connectivity index (χ0v) is 9.81. The second-order valence-corrected chi connectivity index (χ2v) is 3.54. The average molecular weight is 298 g/mol. The molecule has 19 heavy (non-hydrogen) atoms. The van der Waals surface area contributed by atoms with Gasteiger partial charge in [0.15, 0.2) is 0 Å². The smallest absolute Gasteiger partial charge is 0.411 e. The Morgan fingerprint density at radius 2 is 1.47 bits per heavy atom. The standard InChI is InChI=1S/C9H12F6O4/c1-6(2-17-4-8(10,11)12)19-7(16)3-18-5-9(13,14)15/h6H,2-5H2,1H3. The normalized spacial score (nSPS) is 14.3. The van der Waals surface area contributed by atoms with Crippen molar-refractivity contribution in [3.63, 3.8) is 0 Å². The Labute approximate surface area is 104 Å².